The topological polar surface area (TPSA) is 94.5 Å². The van der Waals surface area contributed by atoms with Crippen molar-refractivity contribution in [1.29, 1.82) is 0 Å². The van der Waals surface area contributed by atoms with Crippen molar-refractivity contribution in [3.05, 3.63) is 12.2 Å². The Hall–Kier alpha value is 0.120. The van der Waals surface area contributed by atoms with Crippen molar-refractivity contribution in [2.45, 2.75) is 95.6 Å². The van der Waals surface area contributed by atoms with Gasteiger partial charge in [0.1, 0.15) is 0 Å². The maximum Gasteiger partial charge on any atom is 1.00 e. The summed E-state index contributed by atoms with van der Waals surface area (Å²) in [7, 11) is -4.22. The van der Waals surface area contributed by atoms with Crippen LogP contribution in [-0.2, 0) is 14.9 Å². The number of unbranched alkanes of at least 4 members (excludes halogenated alkanes) is 9. The first-order valence-electron chi connectivity index (χ1n) is 9.22. The number of allylic oxidation sites excluding steroid dienone is 1. The zero-order valence-electron chi connectivity index (χ0n) is 15.9. The summed E-state index contributed by atoms with van der Waals surface area (Å²) in [4.78, 5) is 10.3. The first kappa shape index (κ1) is 27.3. The van der Waals surface area contributed by atoms with Crippen molar-refractivity contribution in [2.75, 3.05) is 0 Å². The van der Waals surface area contributed by atoms with Crippen LogP contribution in [0.5, 0.6) is 0 Å². The molecule has 5 nitrogen and oxygen atoms in total. The van der Waals surface area contributed by atoms with E-state index < -0.39 is 21.3 Å². The van der Waals surface area contributed by atoms with Gasteiger partial charge in [-0.25, -0.2) is 13.2 Å². The van der Waals surface area contributed by atoms with Crippen molar-refractivity contribution < 1.29 is 52.4 Å². The van der Waals surface area contributed by atoms with Gasteiger partial charge in [0.25, 0.3) is 0 Å². The van der Waals surface area contributed by atoms with Gasteiger partial charge >= 0.3 is 35.5 Å². The molecule has 1 atom stereocenters. The molecule has 0 bridgehead atoms. The smallest absolute Gasteiger partial charge is 0.748 e. The van der Waals surface area contributed by atoms with Gasteiger partial charge in [-0.2, -0.15) is 0 Å². The van der Waals surface area contributed by atoms with E-state index in [1.165, 1.54) is 25.7 Å². The third kappa shape index (κ3) is 18.7. The van der Waals surface area contributed by atoms with Crippen LogP contribution in [0.25, 0.3) is 0 Å². The fourth-order valence-corrected chi connectivity index (χ4v) is 3.67. The minimum absolute atomic E-state index is 0. The predicted molar refractivity (Wildman–Crippen MR) is 96.0 cm³/mol. The molecule has 0 aromatic rings. The van der Waals surface area contributed by atoms with E-state index in [2.05, 4.69) is 6.92 Å². The summed E-state index contributed by atoms with van der Waals surface area (Å²) in [5.41, 5.74) is 0. The van der Waals surface area contributed by atoms with Gasteiger partial charge in [0, 0.05) is 11.3 Å². The maximum atomic E-state index is 11.3. The third-order valence-electron chi connectivity index (χ3n) is 4.20. The minimum atomic E-state index is -4.22. The summed E-state index contributed by atoms with van der Waals surface area (Å²) in [6.07, 6.45) is 14.4. The quantitative estimate of drug-likeness (QED) is 0.189. The molecule has 0 aliphatic heterocycles. The van der Waals surface area contributed by atoms with Crippen LogP contribution in [0.3, 0.4) is 0 Å². The molecule has 1 N–H and O–H groups in total. The monoisotopic (exact) mass is 384 g/mol. The first-order chi connectivity index (χ1) is 11.4. The zero-order chi connectivity index (χ0) is 18.3. The number of hydrogen-bond donors (Lipinski definition) is 1. The summed E-state index contributed by atoms with van der Waals surface area (Å²) >= 11 is 0. The molecule has 0 aliphatic carbocycles. The van der Waals surface area contributed by atoms with Crippen LogP contribution in [0.15, 0.2) is 12.2 Å². The molecule has 25 heavy (non-hydrogen) atoms. The second kappa shape index (κ2) is 17.5. The number of carbonyl (C=O) groups is 1. The van der Waals surface area contributed by atoms with E-state index in [-0.39, 0.29) is 29.6 Å². The molecule has 0 radical (unpaired) electrons. The Morgan fingerprint density at radius 1 is 0.960 bits per heavy atom. The van der Waals surface area contributed by atoms with Gasteiger partial charge in [-0.05, 0) is 25.7 Å². The molecule has 7 heteroatoms. The second-order valence-electron chi connectivity index (χ2n) is 6.40. The molecule has 0 heterocycles. The summed E-state index contributed by atoms with van der Waals surface area (Å²) in [6, 6.07) is 0. The van der Waals surface area contributed by atoms with Crippen LogP contribution in [0, 0.1) is 0 Å². The summed E-state index contributed by atoms with van der Waals surface area (Å²) in [6.45, 7) is 2.17. The van der Waals surface area contributed by atoms with Gasteiger partial charge in [-0.15, -0.1) is 0 Å². The molecular formula is C18H33NaO5S. The van der Waals surface area contributed by atoms with Crippen LogP contribution < -0.4 is 29.6 Å². The van der Waals surface area contributed by atoms with E-state index in [0.29, 0.717) is 25.7 Å². The van der Waals surface area contributed by atoms with Gasteiger partial charge in [0.05, 0.1) is 10.1 Å². The summed E-state index contributed by atoms with van der Waals surface area (Å²) < 4.78 is 34.0. The zero-order valence-corrected chi connectivity index (χ0v) is 18.7. The molecule has 0 spiro atoms. The van der Waals surface area contributed by atoms with Crippen LogP contribution in [0.1, 0.15) is 90.4 Å². The number of rotatable bonds is 16. The third-order valence-corrected chi connectivity index (χ3v) is 5.48. The van der Waals surface area contributed by atoms with Crippen molar-refractivity contribution in [3.8, 4) is 0 Å². The maximum absolute atomic E-state index is 11.3. The van der Waals surface area contributed by atoms with Gasteiger partial charge in [0.15, 0.2) is 0 Å². The molecule has 0 rings (SSSR count). The van der Waals surface area contributed by atoms with E-state index in [4.69, 9.17) is 5.11 Å². The first-order valence-corrected chi connectivity index (χ1v) is 10.7. The Kier molecular flexibility index (Phi) is 19.2. The average molecular weight is 385 g/mol. The van der Waals surface area contributed by atoms with E-state index >= 15 is 0 Å². The van der Waals surface area contributed by atoms with E-state index in [1.54, 1.807) is 6.08 Å². The standard InChI is InChI=1S/C18H34O5S.Na/c1-2-3-4-5-6-8-11-14-17(24(21,22)23)15-12-9-7-10-13-16-18(19)20;/h13,16-17H,2-12,14-15H2,1H3,(H,19,20)(H,21,22,23);/q;+1/p-1. The van der Waals surface area contributed by atoms with Crippen LogP contribution in [-0.4, -0.2) is 29.3 Å². The van der Waals surface area contributed by atoms with Crippen LogP contribution >= 0.6 is 0 Å². The Balaban J connectivity index is 0. The Labute approximate surface area is 175 Å². The SMILES string of the molecule is CCCCCCCCCC(CCCCCC=CC(=O)O)S(=O)(=O)[O-].[Na+]. The number of carboxylic acids is 1. The van der Waals surface area contributed by atoms with E-state index in [0.717, 1.165) is 38.2 Å². The molecule has 0 saturated heterocycles. The largest absolute Gasteiger partial charge is 1.00 e. The molecule has 0 aromatic carbocycles. The van der Waals surface area contributed by atoms with Crippen molar-refractivity contribution in [2.24, 2.45) is 0 Å². The molecular weight excluding hydrogens is 351 g/mol. The number of hydrogen-bond acceptors (Lipinski definition) is 4. The molecule has 1 unspecified atom stereocenters. The van der Waals surface area contributed by atoms with Crippen LogP contribution in [0.2, 0.25) is 0 Å². The van der Waals surface area contributed by atoms with Gasteiger partial charge < -0.3 is 9.66 Å². The fourth-order valence-electron chi connectivity index (χ4n) is 2.76. The molecule has 142 valence electrons. The summed E-state index contributed by atoms with van der Waals surface area (Å²) in [5, 5.41) is 7.69. The van der Waals surface area contributed by atoms with E-state index in [9.17, 15) is 17.8 Å². The van der Waals surface area contributed by atoms with Crippen molar-refractivity contribution >= 4 is 16.1 Å². The molecule has 0 saturated carbocycles. The molecule has 0 aromatic heterocycles. The second-order valence-corrected chi connectivity index (χ2v) is 8.06. The minimum Gasteiger partial charge on any atom is -0.748 e. The van der Waals surface area contributed by atoms with Crippen molar-refractivity contribution in [1.82, 2.24) is 0 Å². The average Bonchev–Trinajstić information content (AvgIpc) is 2.49. The van der Waals surface area contributed by atoms with Gasteiger partial charge in [-0.3, -0.25) is 0 Å². The van der Waals surface area contributed by atoms with Crippen LogP contribution in [0.4, 0.5) is 0 Å². The molecule has 0 fully saturated rings. The number of aliphatic carboxylic acids is 1. The Bertz CT molecular complexity index is 448. The predicted octanol–water partition coefficient (Wildman–Crippen LogP) is 1.64. The molecule has 0 aliphatic rings. The molecule has 0 amide bonds. The Morgan fingerprint density at radius 3 is 1.92 bits per heavy atom. The van der Waals surface area contributed by atoms with Gasteiger partial charge in [0.2, 0.25) is 0 Å². The van der Waals surface area contributed by atoms with Gasteiger partial charge in [-0.1, -0.05) is 70.8 Å². The Morgan fingerprint density at radius 2 is 1.44 bits per heavy atom. The fraction of sp³-hybridized carbons (Fsp3) is 0.833. The van der Waals surface area contributed by atoms with Crippen molar-refractivity contribution in [3.63, 3.8) is 0 Å². The van der Waals surface area contributed by atoms with E-state index in [1.807, 2.05) is 0 Å². The number of carboxylic acid groups (broad SMARTS) is 1. The summed E-state index contributed by atoms with van der Waals surface area (Å²) in [5.74, 6) is -0.956. The normalized spacial score (nSPS) is 12.9.